The summed E-state index contributed by atoms with van der Waals surface area (Å²) in [6, 6.07) is 5.49. The molecule has 44 heavy (non-hydrogen) atoms. The summed E-state index contributed by atoms with van der Waals surface area (Å²) < 4.78 is 60.7. The van der Waals surface area contributed by atoms with Crippen LogP contribution in [-0.2, 0) is 13.0 Å². The van der Waals surface area contributed by atoms with Gasteiger partial charge in [-0.05, 0) is 62.0 Å². The molecule has 0 bridgehead atoms. The highest BCUT2D eigenvalue weighted by atomic mass is 19.3. The van der Waals surface area contributed by atoms with Gasteiger partial charge in [-0.3, -0.25) is 9.48 Å². The van der Waals surface area contributed by atoms with Crippen LogP contribution in [0.25, 0.3) is 16.9 Å². The Morgan fingerprint density at radius 3 is 2.75 bits per heavy atom. The number of ether oxygens (including phenoxy) is 1. The van der Waals surface area contributed by atoms with E-state index in [4.69, 9.17) is 4.74 Å². The van der Waals surface area contributed by atoms with Gasteiger partial charge in [0, 0.05) is 30.6 Å². The average Bonchev–Trinajstić information content (AvgIpc) is 3.73. The fraction of sp³-hybridized carbons (Fsp3) is 0.370. The summed E-state index contributed by atoms with van der Waals surface area (Å²) in [5.41, 5.74) is 0.687. The molecule has 1 aliphatic rings. The van der Waals surface area contributed by atoms with Gasteiger partial charge < -0.3 is 15.0 Å². The van der Waals surface area contributed by atoms with E-state index in [2.05, 4.69) is 47.9 Å². The van der Waals surface area contributed by atoms with Crippen molar-refractivity contribution in [3.8, 4) is 17.0 Å². The Bertz CT molecular complexity index is 1760. The molecule has 5 heterocycles. The van der Waals surface area contributed by atoms with Gasteiger partial charge in [-0.25, -0.2) is 18.3 Å². The summed E-state index contributed by atoms with van der Waals surface area (Å²) in [6.07, 6.45) is 4.37. The molecule has 1 N–H and O–H groups in total. The maximum absolute atomic E-state index is 13.4. The van der Waals surface area contributed by atoms with Crippen LogP contribution in [0.15, 0.2) is 49.1 Å². The van der Waals surface area contributed by atoms with E-state index in [-0.39, 0.29) is 52.1 Å². The summed E-state index contributed by atoms with van der Waals surface area (Å²) >= 11 is 0. The quantitative estimate of drug-likeness (QED) is 0.235. The van der Waals surface area contributed by atoms with Gasteiger partial charge in [0.25, 0.3) is 5.91 Å². The molecular formula is C27H27F4N11O2. The molecule has 1 aromatic carbocycles. The molecule has 0 unspecified atom stereocenters. The number of carbonyl (C=O) groups excluding carboxylic acids is 1. The molecular weight excluding hydrogens is 586 g/mol. The highest BCUT2D eigenvalue weighted by Gasteiger charge is 2.24. The molecule has 0 saturated carbocycles. The number of tetrazole rings is 1. The second-order valence-corrected chi connectivity index (χ2v) is 10.4. The number of rotatable bonds is 10. The third kappa shape index (κ3) is 6.36. The van der Waals surface area contributed by atoms with E-state index in [0.717, 1.165) is 25.9 Å². The van der Waals surface area contributed by atoms with Crippen molar-refractivity contribution in [1.29, 1.82) is 0 Å². The lowest BCUT2D eigenvalue weighted by Crippen LogP contribution is -2.32. The number of fused-ring (bicyclic) bond motifs is 1. The minimum atomic E-state index is -3.20. The Balaban J connectivity index is 1.36. The van der Waals surface area contributed by atoms with Crippen molar-refractivity contribution < 1.29 is 27.1 Å². The molecule has 0 aliphatic carbocycles. The van der Waals surface area contributed by atoms with Crippen LogP contribution in [0, 0.1) is 0 Å². The van der Waals surface area contributed by atoms with Crippen LogP contribution >= 0.6 is 0 Å². The summed E-state index contributed by atoms with van der Waals surface area (Å²) in [7, 11) is 2.05. The lowest BCUT2D eigenvalue weighted by molar-refractivity contribution is -0.0494. The van der Waals surface area contributed by atoms with E-state index in [1.165, 1.54) is 46.0 Å². The summed E-state index contributed by atoms with van der Waals surface area (Å²) in [6.45, 7) is -1.36. The van der Waals surface area contributed by atoms with E-state index in [1.54, 1.807) is 17.1 Å². The molecule has 6 rings (SSSR count). The zero-order valence-corrected chi connectivity index (χ0v) is 23.4. The Labute approximate surface area is 247 Å². The van der Waals surface area contributed by atoms with Crippen molar-refractivity contribution in [3.05, 3.63) is 66.0 Å². The van der Waals surface area contributed by atoms with Crippen molar-refractivity contribution in [3.63, 3.8) is 0 Å². The van der Waals surface area contributed by atoms with Gasteiger partial charge in [0.1, 0.15) is 23.6 Å². The van der Waals surface area contributed by atoms with Crippen LogP contribution in [-0.4, -0.2) is 88.6 Å². The molecule has 13 nitrogen and oxygen atoms in total. The first-order valence-electron chi connectivity index (χ1n) is 13.7. The fourth-order valence-corrected chi connectivity index (χ4v) is 5.08. The number of halogens is 4. The van der Waals surface area contributed by atoms with Crippen LogP contribution in [0.5, 0.6) is 5.75 Å². The minimum absolute atomic E-state index is 0.0114. The predicted molar refractivity (Wildman–Crippen MR) is 148 cm³/mol. The molecule has 1 aliphatic heterocycles. The molecule has 5 aromatic rings. The Kier molecular flexibility index (Phi) is 8.19. The van der Waals surface area contributed by atoms with Crippen LogP contribution in [0.1, 0.15) is 40.6 Å². The summed E-state index contributed by atoms with van der Waals surface area (Å²) in [5, 5.41) is 24.2. The first-order valence-corrected chi connectivity index (χ1v) is 13.7. The Hall–Kier alpha value is -4.93. The summed E-state index contributed by atoms with van der Waals surface area (Å²) in [5.74, 6) is -0.577. The fourth-order valence-electron chi connectivity index (χ4n) is 5.08. The molecule has 1 amide bonds. The number of amides is 1. The first kappa shape index (κ1) is 29.2. The number of piperidine rings is 1. The standard InChI is InChI=1S/C27H27F4N11O2/c1-39-9-5-17(6-10-39)42-36-23(35-38-42)15-40-14-20(34-26(43)19-13-33-41-8-2-7-32-25(19)41)24(37-40)18-11-16(12-22(28)29)3-4-21(18)44-27(30)31/h2-4,7-8,11,13-14,17,22,27H,5-6,9-10,12,15H2,1H3,(H,34,43). The third-order valence-electron chi connectivity index (χ3n) is 7.23. The molecule has 230 valence electrons. The molecule has 0 atom stereocenters. The van der Waals surface area contributed by atoms with Gasteiger partial charge in [-0.1, -0.05) is 6.07 Å². The zero-order chi connectivity index (χ0) is 30.8. The topological polar surface area (TPSA) is 133 Å². The number of likely N-dealkylation sites (tertiary alicyclic amines) is 1. The SMILES string of the molecule is CN1CCC(n2nnc(Cn3cc(NC(=O)c4cnn5cccnc45)c(-c4cc(CC(F)F)ccc4OC(F)F)n3)n2)CC1. The van der Waals surface area contributed by atoms with Gasteiger partial charge in [0.2, 0.25) is 6.43 Å². The lowest BCUT2D eigenvalue weighted by atomic mass is 10.0. The molecule has 0 radical (unpaired) electrons. The number of carbonyl (C=O) groups is 1. The maximum Gasteiger partial charge on any atom is 0.387 e. The van der Waals surface area contributed by atoms with E-state index in [0.29, 0.717) is 5.82 Å². The number of hydrogen-bond donors (Lipinski definition) is 1. The number of hydrogen-bond acceptors (Lipinski definition) is 9. The number of nitrogens with one attached hydrogen (secondary N) is 1. The van der Waals surface area contributed by atoms with Crippen molar-refractivity contribution in [2.75, 3.05) is 25.5 Å². The van der Waals surface area contributed by atoms with Crippen molar-refractivity contribution in [2.24, 2.45) is 0 Å². The van der Waals surface area contributed by atoms with Gasteiger partial charge >= 0.3 is 6.61 Å². The number of benzene rings is 1. The van der Waals surface area contributed by atoms with Gasteiger partial charge in [0.15, 0.2) is 11.5 Å². The molecule has 0 spiro atoms. The average molecular weight is 614 g/mol. The van der Waals surface area contributed by atoms with Crippen LogP contribution < -0.4 is 10.1 Å². The second kappa shape index (κ2) is 12.4. The number of nitrogens with zero attached hydrogens (tertiary/aromatic N) is 10. The van der Waals surface area contributed by atoms with Crippen LogP contribution in [0.3, 0.4) is 0 Å². The lowest BCUT2D eigenvalue weighted by Gasteiger charge is -2.27. The second-order valence-electron chi connectivity index (χ2n) is 10.4. The maximum atomic E-state index is 13.4. The number of alkyl halides is 4. The number of aromatic nitrogens is 9. The first-order chi connectivity index (χ1) is 21.2. The molecule has 1 saturated heterocycles. The van der Waals surface area contributed by atoms with E-state index in [9.17, 15) is 22.4 Å². The monoisotopic (exact) mass is 613 g/mol. The Morgan fingerprint density at radius 1 is 1.16 bits per heavy atom. The zero-order valence-electron chi connectivity index (χ0n) is 23.4. The van der Waals surface area contributed by atoms with Crippen molar-refractivity contribution in [2.45, 2.75) is 44.9 Å². The summed E-state index contributed by atoms with van der Waals surface area (Å²) in [4.78, 5) is 21.4. The predicted octanol–water partition coefficient (Wildman–Crippen LogP) is 3.56. The normalized spacial score (nSPS) is 14.6. The highest BCUT2D eigenvalue weighted by Crippen LogP contribution is 2.36. The number of anilines is 1. The molecule has 17 heteroatoms. The largest absolute Gasteiger partial charge is 0.434 e. The van der Waals surface area contributed by atoms with E-state index in [1.807, 2.05) is 0 Å². The molecule has 1 fully saturated rings. The van der Waals surface area contributed by atoms with Crippen molar-refractivity contribution >= 4 is 17.2 Å². The smallest absolute Gasteiger partial charge is 0.387 e. The minimum Gasteiger partial charge on any atom is -0.434 e. The van der Waals surface area contributed by atoms with E-state index >= 15 is 0 Å². The van der Waals surface area contributed by atoms with Gasteiger partial charge in [0.05, 0.1) is 17.9 Å². The van der Waals surface area contributed by atoms with E-state index < -0.39 is 25.4 Å². The van der Waals surface area contributed by atoms with Crippen LogP contribution in [0.2, 0.25) is 0 Å². The van der Waals surface area contributed by atoms with Crippen molar-refractivity contribution in [1.82, 2.24) is 49.5 Å². The Morgan fingerprint density at radius 2 is 1.98 bits per heavy atom. The van der Waals surface area contributed by atoms with Gasteiger partial charge in [-0.2, -0.15) is 23.8 Å². The third-order valence-corrected chi connectivity index (χ3v) is 7.23. The van der Waals surface area contributed by atoms with Crippen LogP contribution in [0.4, 0.5) is 23.2 Å². The van der Waals surface area contributed by atoms with Gasteiger partial charge in [-0.15, -0.1) is 10.2 Å². The highest BCUT2D eigenvalue weighted by molar-refractivity contribution is 6.09. The molecule has 4 aromatic heterocycles.